The number of carbonyl (C=O) groups excluding carboxylic acids is 1. The van der Waals surface area contributed by atoms with E-state index in [-0.39, 0.29) is 12.5 Å². The minimum Gasteiger partial charge on any atom is -0.473 e. The molecule has 4 N–H and O–H groups in total. The van der Waals surface area contributed by atoms with Crippen LogP contribution in [0.1, 0.15) is 25.0 Å². The van der Waals surface area contributed by atoms with E-state index in [2.05, 4.69) is 46.5 Å². The van der Waals surface area contributed by atoms with Gasteiger partial charge in [0.05, 0.1) is 6.54 Å². The number of carboxylic acids is 2. The minimum atomic E-state index is -1.82. The molecule has 162 valence electrons. The maximum atomic E-state index is 12.1. The van der Waals surface area contributed by atoms with Crippen molar-refractivity contribution in [3.63, 3.8) is 0 Å². The number of benzene rings is 1. The summed E-state index contributed by atoms with van der Waals surface area (Å²) < 4.78 is 0. The molecule has 1 aromatic heterocycles. The van der Waals surface area contributed by atoms with Crippen molar-refractivity contribution in [2.45, 2.75) is 27.3 Å². The van der Waals surface area contributed by atoms with E-state index in [4.69, 9.17) is 19.8 Å². The van der Waals surface area contributed by atoms with Crippen molar-refractivity contribution in [2.75, 3.05) is 29.9 Å². The summed E-state index contributed by atoms with van der Waals surface area (Å²) >= 11 is 0. The number of hydrogen-bond donors (Lipinski definition) is 4. The van der Waals surface area contributed by atoms with E-state index in [1.807, 2.05) is 25.1 Å². The summed E-state index contributed by atoms with van der Waals surface area (Å²) in [5.41, 5.74) is 4.18. The number of aromatic nitrogens is 1. The summed E-state index contributed by atoms with van der Waals surface area (Å²) in [4.78, 5) is 36.6. The molecule has 9 nitrogen and oxygen atoms in total. The molecule has 0 aliphatic rings. The molecular formula is C21H28N4O5. The summed E-state index contributed by atoms with van der Waals surface area (Å²) in [5.74, 6) is -3.69. The first kappa shape index (κ1) is 24.6. The van der Waals surface area contributed by atoms with Crippen molar-refractivity contribution in [3.8, 4) is 0 Å². The van der Waals surface area contributed by atoms with Gasteiger partial charge in [0.1, 0.15) is 0 Å². The maximum Gasteiger partial charge on any atom is 0.414 e. The fourth-order valence-electron chi connectivity index (χ4n) is 2.59. The third-order valence-corrected chi connectivity index (χ3v) is 4.13. The van der Waals surface area contributed by atoms with Gasteiger partial charge < -0.3 is 25.7 Å². The molecule has 0 radical (unpaired) electrons. The van der Waals surface area contributed by atoms with Crippen LogP contribution in [0, 0.1) is 6.92 Å². The largest absolute Gasteiger partial charge is 0.473 e. The molecule has 0 fully saturated rings. The van der Waals surface area contributed by atoms with E-state index in [9.17, 15) is 4.79 Å². The first-order valence-corrected chi connectivity index (χ1v) is 9.49. The van der Waals surface area contributed by atoms with Gasteiger partial charge in [0, 0.05) is 43.4 Å². The Bertz CT molecular complexity index is 827. The number of aliphatic carboxylic acids is 2. The zero-order valence-corrected chi connectivity index (χ0v) is 17.4. The van der Waals surface area contributed by atoms with Crippen LogP contribution >= 0.6 is 0 Å². The fourth-order valence-corrected chi connectivity index (χ4v) is 2.59. The lowest BCUT2D eigenvalue weighted by Gasteiger charge is -2.22. The highest BCUT2D eigenvalue weighted by molar-refractivity contribution is 6.27. The van der Waals surface area contributed by atoms with E-state index in [1.54, 1.807) is 12.4 Å². The molecule has 0 aliphatic heterocycles. The van der Waals surface area contributed by atoms with Crippen molar-refractivity contribution in [3.05, 3.63) is 53.9 Å². The Morgan fingerprint density at radius 2 is 1.73 bits per heavy atom. The van der Waals surface area contributed by atoms with Crippen LogP contribution < -0.4 is 15.5 Å². The summed E-state index contributed by atoms with van der Waals surface area (Å²) in [7, 11) is 0. The van der Waals surface area contributed by atoms with Gasteiger partial charge in [0.15, 0.2) is 0 Å². The van der Waals surface area contributed by atoms with Crippen LogP contribution in [0.2, 0.25) is 0 Å². The number of nitrogens with zero attached hydrogens (tertiary/aromatic N) is 2. The van der Waals surface area contributed by atoms with Gasteiger partial charge in [-0.05, 0) is 56.2 Å². The van der Waals surface area contributed by atoms with E-state index >= 15 is 0 Å². The van der Waals surface area contributed by atoms with Gasteiger partial charge in [-0.15, -0.1) is 0 Å². The summed E-state index contributed by atoms with van der Waals surface area (Å²) in [6, 6.07) is 10.0. The first-order valence-electron chi connectivity index (χ1n) is 9.49. The molecule has 1 amide bonds. The highest BCUT2D eigenvalue weighted by atomic mass is 16.4. The second-order valence-electron chi connectivity index (χ2n) is 6.29. The highest BCUT2D eigenvalue weighted by Gasteiger charge is 2.08. The number of carboxylic acid groups (broad SMARTS) is 2. The molecule has 0 spiro atoms. The van der Waals surface area contributed by atoms with Gasteiger partial charge >= 0.3 is 11.9 Å². The molecule has 0 atom stereocenters. The molecule has 0 aliphatic carbocycles. The molecule has 2 rings (SSSR count). The Morgan fingerprint density at radius 3 is 2.23 bits per heavy atom. The topological polar surface area (TPSA) is 132 Å². The molecule has 2 aromatic rings. The SMILES string of the molecule is CCN(CC)c1ccc(NC(=O)CNCc2cccnc2)c(C)c1.O=C(O)C(=O)O. The number of hydrogen-bond acceptors (Lipinski definition) is 6. The van der Waals surface area contributed by atoms with Crippen LogP contribution in [-0.2, 0) is 20.9 Å². The van der Waals surface area contributed by atoms with Gasteiger partial charge in [0.2, 0.25) is 5.91 Å². The number of nitrogens with one attached hydrogen (secondary N) is 2. The monoisotopic (exact) mass is 416 g/mol. The quantitative estimate of drug-likeness (QED) is 0.481. The minimum absolute atomic E-state index is 0.0439. The van der Waals surface area contributed by atoms with E-state index < -0.39 is 11.9 Å². The van der Waals surface area contributed by atoms with Gasteiger partial charge in [0.25, 0.3) is 0 Å². The average molecular weight is 416 g/mol. The van der Waals surface area contributed by atoms with Crippen molar-refractivity contribution in [1.82, 2.24) is 10.3 Å². The Morgan fingerprint density at radius 1 is 1.07 bits per heavy atom. The van der Waals surface area contributed by atoms with Crippen molar-refractivity contribution >= 4 is 29.2 Å². The second-order valence-corrected chi connectivity index (χ2v) is 6.29. The Labute approximate surface area is 175 Å². The molecule has 0 bridgehead atoms. The van der Waals surface area contributed by atoms with Crippen LogP contribution in [0.15, 0.2) is 42.7 Å². The van der Waals surface area contributed by atoms with Gasteiger partial charge in [-0.2, -0.15) is 0 Å². The number of carbonyl (C=O) groups is 3. The van der Waals surface area contributed by atoms with Crippen molar-refractivity contribution in [1.29, 1.82) is 0 Å². The predicted molar refractivity (Wildman–Crippen MR) is 115 cm³/mol. The summed E-state index contributed by atoms with van der Waals surface area (Å²) in [6.07, 6.45) is 3.53. The van der Waals surface area contributed by atoms with Crippen LogP contribution in [0.3, 0.4) is 0 Å². The molecule has 0 saturated carbocycles. The third-order valence-electron chi connectivity index (χ3n) is 4.13. The van der Waals surface area contributed by atoms with Crippen molar-refractivity contribution in [2.24, 2.45) is 0 Å². The number of amides is 1. The fraction of sp³-hybridized carbons (Fsp3) is 0.333. The first-order chi connectivity index (χ1) is 14.3. The number of rotatable bonds is 8. The second kappa shape index (κ2) is 12.9. The Kier molecular flexibility index (Phi) is 10.6. The normalized spacial score (nSPS) is 9.83. The maximum absolute atomic E-state index is 12.1. The molecule has 1 aromatic carbocycles. The lowest BCUT2D eigenvalue weighted by Crippen LogP contribution is -2.28. The zero-order chi connectivity index (χ0) is 22.5. The van der Waals surface area contributed by atoms with Crippen molar-refractivity contribution < 1.29 is 24.6 Å². The molecule has 1 heterocycles. The van der Waals surface area contributed by atoms with Gasteiger partial charge in [-0.1, -0.05) is 6.07 Å². The molecule has 0 saturated heterocycles. The molecule has 9 heteroatoms. The molecular weight excluding hydrogens is 388 g/mol. The smallest absolute Gasteiger partial charge is 0.414 e. The summed E-state index contributed by atoms with van der Waals surface area (Å²) in [6.45, 7) is 9.14. The lowest BCUT2D eigenvalue weighted by molar-refractivity contribution is -0.159. The van der Waals surface area contributed by atoms with E-state index in [1.165, 1.54) is 5.69 Å². The molecule has 30 heavy (non-hydrogen) atoms. The number of anilines is 2. The van der Waals surface area contributed by atoms with E-state index in [0.717, 1.165) is 29.9 Å². The van der Waals surface area contributed by atoms with Crippen LogP contribution in [-0.4, -0.2) is 52.7 Å². The predicted octanol–water partition coefficient (Wildman–Crippen LogP) is 2.12. The third kappa shape index (κ3) is 8.70. The number of aryl methyl sites for hydroxylation is 1. The van der Waals surface area contributed by atoms with E-state index in [0.29, 0.717) is 6.54 Å². The lowest BCUT2D eigenvalue weighted by atomic mass is 10.1. The van der Waals surface area contributed by atoms with Gasteiger partial charge in [-0.25, -0.2) is 9.59 Å². The standard InChI is InChI=1S/C19H26N4O.C2H2O4/c1-4-23(5-2)17-8-9-18(15(3)11-17)22-19(24)14-21-13-16-7-6-10-20-12-16;3-1(4)2(5)6/h6-12,21H,4-5,13-14H2,1-3H3,(H,22,24);(H,3,4)(H,5,6). The zero-order valence-electron chi connectivity index (χ0n) is 17.4. The van der Waals surface area contributed by atoms with Crippen LogP contribution in [0.5, 0.6) is 0 Å². The average Bonchev–Trinajstić information content (AvgIpc) is 2.72. The molecule has 0 unspecified atom stereocenters. The van der Waals surface area contributed by atoms with Crippen LogP contribution in [0.25, 0.3) is 0 Å². The highest BCUT2D eigenvalue weighted by Crippen LogP contribution is 2.22. The Hall–Kier alpha value is -3.46. The Balaban J connectivity index is 0.000000656. The van der Waals surface area contributed by atoms with Gasteiger partial charge in [-0.3, -0.25) is 9.78 Å². The summed E-state index contributed by atoms with van der Waals surface area (Å²) in [5, 5.41) is 20.9. The van der Waals surface area contributed by atoms with Crippen LogP contribution in [0.4, 0.5) is 11.4 Å². The number of pyridine rings is 1.